The van der Waals surface area contributed by atoms with E-state index in [2.05, 4.69) is 29.8 Å². The molecular formula is C20H22N2O2. The van der Waals surface area contributed by atoms with Crippen molar-refractivity contribution in [2.75, 3.05) is 19.1 Å². The minimum absolute atomic E-state index is 0.0360. The van der Waals surface area contributed by atoms with Gasteiger partial charge in [-0.2, -0.15) is 0 Å². The molecule has 3 rings (SSSR count). The number of rotatable bonds is 4. The molecule has 0 amide bonds. The van der Waals surface area contributed by atoms with E-state index in [4.69, 9.17) is 4.74 Å². The lowest BCUT2D eigenvalue weighted by Gasteiger charge is -2.19. The van der Waals surface area contributed by atoms with Crippen molar-refractivity contribution in [2.24, 2.45) is 0 Å². The number of aromatic amines is 1. The van der Waals surface area contributed by atoms with Gasteiger partial charge in [0.1, 0.15) is 5.75 Å². The van der Waals surface area contributed by atoms with E-state index in [0.717, 1.165) is 27.9 Å². The summed E-state index contributed by atoms with van der Waals surface area (Å²) in [5, 5.41) is 1.07. The number of anilines is 1. The van der Waals surface area contributed by atoms with Crippen LogP contribution < -0.4 is 15.2 Å². The van der Waals surface area contributed by atoms with Crippen molar-refractivity contribution in [1.29, 1.82) is 0 Å². The number of aryl methyl sites for hydroxylation is 2. The van der Waals surface area contributed by atoms with Crippen LogP contribution in [0.15, 0.2) is 47.3 Å². The predicted octanol–water partition coefficient (Wildman–Crippen LogP) is 3.79. The Morgan fingerprint density at radius 1 is 1.04 bits per heavy atom. The molecule has 0 atom stereocenters. The molecule has 0 radical (unpaired) electrons. The molecule has 0 aliphatic rings. The van der Waals surface area contributed by atoms with Crippen molar-refractivity contribution in [1.82, 2.24) is 4.98 Å². The van der Waals surface area contributed by atoms with Crippen molar-refractivity contribution in [3.63, 3.8) is 0 Å². The number of nitrogens with zero attached hydrogens (tertiary/aromatic N) is 1. The third-order valence-corrected chi connectivity index (χ3v) is 4.46. The summed E-state index contributed by atoms with van der Waals surface area (Å²) in [6.45, 7) is 4.69. The van der Waals surface area contributed by atoms with Crippen LogP contribution in [-0.2, 0) is 6.54 Å². The second-order valence-corrected chi connectivity index (χ2v) is 6.20. The van der Waals surface area contributed by atoms with Crippen LogP contribution >= 0.6 is 0 Å². The highest BCUT2D eigenvalue weighted by Gasteiger charge is 2.08. The monoisotopic (exact) mass is 322 g/mol. The first-order valence-corrected chi connectivity index (χ1v) is 7.96. The molecule has 3 aromatic rings. The lowest BCUT2D eigenvalue weighted by Crippen LogP contribution is -2.23. The molecule has 24 heavy (non-hydrogen) atoms. The third-order valence-electron chi connectivity index (χ3n) is 4.46. The molecule has 0 spiro atoms. The summed E-state index contributed by atoms with van der Waals surface area (Å²) >= 11 is 0. The van der Waals surface area contributed by atoms with Crippen LogP contribution in [0.3, 0.4) is 0 Å². The molecule has 0 unspecified atom stereocenters. The number of H-pyrrole nitrogens is 1. The van der Waals surface area contributed by atoms with Gasteiger partial charge in [0.15, 0.2) is 0 Å². The Labute approximate surface area is 141 Å². The Kier molecular flexibility index (Phi) is 4.30. The fraction of sp³-hybridized carbons (Fsp3) is 0.250. The van der Waals surface area contributed by atoms with E-state index < -0.39 is 0 Å². The lowest BCUT2D eigenvalue weighted by molar-refractivity contribution is 0.415. The average molecular weight is 322 g/mol. The van der Waals surface area contributed by atoms with Gasteiger partial charge in [0.05, 0.1) is 7.11 Å². The summed E-state index contributed by atoms with van der Waals surface area (Å²) in [5.41, 5.74) is 5.05. The SMILES string of the molecule is COc1ccc(N(C)Cc2cc3cc(C)c(C)cc3[nH]c2=O)cc1. The zero-order valence-corrected chi connectivity index (χ0v) is 14.5. The molecule has 1 heterocycles. The summed E-state index contributed by atoms with van der Waals surface area (Å²) in [7, 11) is 3.63. The Balaban J connectivity index is 1.92. The highest BCUT2D eigenvalue weighted by molar-refractivity contribution is 5.80. The van der Waals surface area contributed by atoms with Crippen molar-refractivity contribution in [3.05, 3.63) is 69.5 Å². The van der Waals surface area contributed by atoms with Gasteiger partial charge in [0.2, 0.25) is 0 Å². The highest BCUT2D eigenvalue weighted by Crippen LogP contribution is 2.21. The number of aromatic nitrogens is 1. The number of hydrogen-bond acceptors (Lipinski definition) is 3. The molecule has 1 N–H and O–H groups in total. The van der Waals surface area contributed by atoms with E-state index >= 15 is 0 Å². The quantitative estimate of drug-likeness (QED) is 0.795. The summed E-state index contributed by atoms with van der Waals surface area (Å²) in [5.74, 6) is 0.821. The van der Waals surface area contributed by atoms with Crippen LogP contribution in [0.1, 0.15) is 16.7 Å². The van der Waals surface area contributed by atoms with E-state index in [1.165, 1.54) is 11.1 Å². The van der Waals surface area contributed by atoms with E-state index in [9.17, 15) is 4.79 Å². The molecular weight excluding hydrogens is 300 g/mol. The molecule has 2 aromatic carbocycles. The standard InChI is InChI=1S/C20H22N2O2/c1-13-9-15-11-16(20(23)21-19(15)10-14(13)2)12-22(3)17-5-7-18(24-4)8-6-17/h5-11H,12H2,1-4H3,(H,21,23). The van der Waals surface area contributed by atoms with Gasteiger partial charge in [-0.15, -0.1) is 0 Å². The van der Waals surface area contributed by atoms with E-state index in [1.807, 2.05) is 43.4 Å². The van der Waals surface area contributed by atoms with Crippen LogP contribution in [0.2, 0.25) is 0 Å². The fourth-order valence-electron chi connectivity index (χ4n) is 2.82. The largest absolute Gasteiger partial charge is 0.497 e. The van der Waals surface area contributed by atoms with Crippen molar-refractivity contribution >= 4 is 16.6 Å². The molecule has 0 fully saturated rings. The van der Waals surface area contributed by atoms with Gasteiger partial charge < -0.3 is 14.6 Å². The van der Waals surface area contributed by atoms with E-state index in [1.54, 1.807) is 7.11 Å². The maximum absolute atomic E-state index is 12.4. The number of pyridine rings is 1. The molecule has 0 aliphatic carbocycles. The molecule has 4 nitrogen and oxygen atoms in total. The first-order chi connectivity index (χ1) is 11.5. The first-order valence-electron chi connectivity index (χ1n) is 7.96. The van der Waals surface area contributed by atoms with Gasteiger partial charge in [-0.05, 0) is 72.8 Å². The number of ether oxygens (including phenoxy) is 1. The molecule has 0 aliphatic heterocycles. The highest BCUT2D eigenvalue weighted by atomic mass is 16.5. The minimum atomic E-state index is -0.0360. The topological polar surface area (TPSA) is 45.3 Å². The normalized spacial score (nSPS) is 10.8. The molecule has 4 heteroatoms. The molecule has 1 aromatic heterocycles. The van der Waals surface area contributed by atoms with Gasteiger partial charge >= 0.3 is 0 Å². The Morgan fingerprint density at radius 3 is 2.38 bits per heavy atom. The Hall–Kier alpha value is -2.75. The summed E-state index contributed by atoms with van der Waals surface area (Å²) in [4.78, 5) is 17.4. The molecule has 0 saturated heterocycles. The second-order valence-electron chi connectivity index (χ2n) is 6.20. The van der Waals surface area contributed by atoms with Crippen LogP contribution in [0, 0.1) is 13.8 Å². The van der Waals surface area contributed by atoms with Gasteiger partial charge in [-0.3, -0.25) is 4.79 Å². The maximum Gasteiger partial charge on any atom is 0.253 e. The Morgan fingerprint density at radius 2 is 1.71 bits per heavy atom. The van der Waals surface area contributed by atoms with Gasteiger partial charge in [0.25, 0.3) is 5.56 Å². The zero-order valence-electron chi connectivity index (χ0n) is 14.5. The van der Waals surface area contributed by atoms with E-state index in [-0.39, 0.29) is 5.56 Å². The number of nitrogens with one attached hydrogen (secondary N) is 1. The van der Waals surface area contributed by atoms with Gasteiger partial charge in [-0.25, -0.2) is 0 Å². The number of hydrogen-bond donors (Lipinski definition) is 1. The van der Waals surface area contributed by atoms with E-state index in [0.29, 0.717) is 6.54 Å². The van der Waals surface area contributed by atoms with Crippen LogP contribution in [0.25, 0.3) is 10.9 Å². The maximum atomic E-state index is 12.4. The van der Waals surface area contributed by atoms with Crippen LogP contribution in [-0.4, -0.2) is 19.1 Å². The molecule has 124 valence electrons. The van der Waals surface area contributed by atoms with Gasteiger partial charge in [-0.1, -0.05) is 0 Å². The number of benzene rings is 2. The molecule has 0 bridgehead atoms. The van der Waals surface area contributed by atoms with Gasteiger partial charge in [0, 0.05) is 30.4 Å². The fourth-order valence-corrected chi connectivity index (χ4v) is 2.82. The smallest absolute Gasteiger partial charge is 0.253 e. The van der Waals surface area contributed by atoms with Crippen LogP contribution in [0.5, 0.6) is 5.75 Å². The number of methoxy groups -OCH3 is 1. The Bertz CT molecular complexity index is 927. The summed E-state index contributed by atoms with van der Waals surface area (Å²) in [6, 6.07) is 14.0. The van der Waals surface area contributed by atoms with Crippen molar-refractivity contribution < 1.29 is 4.74 Å². The van der Waals surface area contributed by atoms with Crippen molar-refractivity contribution in [2.45, 2.75) is 20.4 Å². The summed E-state index contributed by atoms with van der Waals surface area (Å²) < 4.78 is 5.18. The minimum Gasteiger partial charge on any atom is -0.497 e. The second kappa shape index (κ2) is 6.40. The first kappa shape index (κ1) is 16.1. The number of fused-ring (bicyclic) bond motifs is 1. The average Bonchev–Trinajstić information content (AvgIpc) is 2.57. The lowest BCUT2D eigenvalue weighted by atomic mass is 10.0. The van der Waals surface area contributed by atoms with Crippen LogP contribution in [0.4, 0.5) is 5.69 Å². The predicted molar refractivity (Wildman–Crippen MR) is 99.1 cm³/mol. The van der Waals surface area contributed by atoms with Crippen molar-refractivity contribution in [3.8, 4) is 5.75 Å². The third kappa shape index (κ3) is 3.13. The zero-order chi connectivity index (χ0) is 17.3. The summed E-state index contributed by atoms with van der Waals surface area (Å²) in [6.07, 6.45) is 0. The molecule has 0 saturated carbocycles.